The van der Waals surface area contributed by atoms with Gasteiger partial charge in [-0.15, -0.1) is 0 Å². The van der Waals surface area contributed by atoms with Crippen LogP contribution >= 0.6 is 22.6 Å². The Morgan fingerprint density at radius 2 is 1.82 bits per heavy atom. The van der Waals surface area contributed by atoms with E-state index >= 15 is 0 Å². The monoisotopic (exact) mass is 258 g/mol. The van der Waals surface area contributed by atoms with Crippen molar-refractivity contribution in [2.24, 2.45) is 0 Å². The molecular weight excluding hydrogens is 247 g/mol. The van der Waals surface area contributed by atoms with E-state index in [-0.39, 0.29) is 0 Å². The first-order valence-corrected chi connectivity index (χ1v) is 4.84. The first-order valence-electron chi connectivity index (χ1n) is 3.59. The Morgan fingerprint density at radius 3 is 2.27 bits per heavy atom. The van der Waals surface area contributed by atoms with Crippen LogP contribution in [0.15, 0.2) is 24.3 Å². The van der Waals surface area contributed by atoms with Gasteiger partial charge in [-0.1, -0.05) is 53.8 Å². The maximum absolute atomic E-state index is 3.86. The zero-order chi connectivity index (χ0) is 8.27. The largest absolute Gasteiger partial charge is 0.0774 e. The van der Waals surface area contributed by atoms with Crippen LogP contribution in [0.3, 0.4) is 0 Å². The molecule has 0 saturated carbocycles. The molecule has 2 radical (unpaired) electrons. The van der Waals surface area contributed by atoms with Crippen LogP contribution in [0.2, 0.25) is 0 Å². The van der Waals surface area contributed by atoms with Crippen LogP contribution in [0.25, 0.3) is 0 Å². The van der Waals surface area contributed by atoms with Gasteiger partial charge in [0, 0.05) is 3.92 Å². The molecule has 0 amide bonds. The average molecular weight is 258 g/mol. The molecule has 0 N–H and O–H groups in total. The Morgan fingerprint density at radius 1 is 1.27 bits per heavy atom. The lowest BCUT2D eigenvalue weighted by Gasteiger charge is -2.06. The zero-order valence-corrected chi connectivity index (χ0v) is 8.54. The van der Waals surface area contributed by atoms with E-state index in [2.05, 4.69) is 48.6 Å². The molecule has 0 bridgehead atoms. The van der Waals surface area contributed by atoms with E-state index in [1.807, 2.05) is 12.1 Å². The van der Waals surface area contributed by atoms with Gasteiger partial charge in [0.2, 0.25) is 0 Å². The fourth-order valence-electron chi connectivity index (χ4n) is 0.893. The molecule has 1 aromatic rings. The van der Waals surface area contributed by atoms with E-state index in [0.717, 1.165) is 12.0 Å². The molecule has 0 aliphatic rings. The van der Waals surface area contributed by atoms with Gasteiger partial charge < -0.3 is 0 Å². The molecule has 1 unspecified atom stereocenters. The molecule has 0 fully saturated rings. The summed E-state index contributed by atoms with van der Waals surface area (Å²) in [5.74, 6) is 0. The molecule has 0 heterocycles. The lowest BCUT2D eigenvalue weighted by atomic mass is 10.1. The van der Waals surface area contributed by atoms with Crippen molar-refractivity contribution in [1.29, 1.82) is 0 Å². The van der Waals surface area contributed by atoms with E-state index in [0.29, 0.717) is 3.92 Å². The Balaban J connectivity index is 2.81. The quantitative estimate of drug-likeness (QED) is 0.562. The van der Waals surface area contributed by atoms with Crippen LogP contribution in [0.1, 0.15) is 21.5 Å². The van der Waals surface area contributed by atoms with Crippen molar-refractivity contribution < 1.29 is 0 Å². The Kier molecular flexibility index (Phi) is 3.37. The summed E-state index contributed by atoms with van der Waals surface area (Å²) in [5.41, 5.74) is 2.41. The highest BCUT2D eigenvalue weighted by Crippen LogP contribution is 2.26. The molecule has 0 spiro atoms. The predicted molar refractivity (Wildman–Crippen MR) is 57.6 cm³/mol. The van der Waals surface area contributed by atoms with Gasteiger partial charge in [0.25, 0.3) is 0 Å². The van der Waals surface area contributed by atoms with Gasteiger partial charge in [-0.25, -0.2) is 0 Å². The second-order valence-corrected chi connectivity index (χ2v) is 4.00. The normalized spacial score (nSPS) is 13.0. The number of hydrogen-bond acceptors (Lipinski definition) is 0. The van der Waals surface area contributed by atoms with Gasteiger partial charge in [-0.2, -0.15) is 0 Å². The third kappa shape index (κ3) is 2.47. The summed E-state index contributed by atoms with van der Waals surface area (Å²) in [7, 11) is 0. The van der Waals surface area contributed by atoms with Crippen molar-refractivity contribution in [3.63, 3.8) is 0 Å². The average Bonchev–Trinajstić information content (AvgIpc) is 2.05. The first kappa shape index (κ1) is 9.04. The van der Waals surface area contributed by atoms with Gasteiger partial charge in [0.1, 0.15) is 0 Å². The van der Waals surface area contributed by atoms with E-state index in [4.69, 9.17) is 0 Å². The molecule has 0 aliphatic carbocycles. The van der Waals surface area contributed by atoms with Crippen molar-refractivity contribution in [2.75, 3.05) is 0 Å². The summed E-state index contributed by atoms with van der Waals surface area (Å²) in [4.78, 5) is 0. The standard InChI is InChI=1S/C10H11I/c1-3-10(11)9-6-4-8(2)5-7-9/h4-7,10H,1-3H2. The lowest BCUT2D eigenvalue weighted by molar-refractivity contribution is 1.01. The maximum Gasteiger partial charge on any atom is 0.0359 e. The molecule has 1 aromatic carbocycles. The van der Waals surface area contributed by atoms with Crippen molar-refractivity contribution >= 4 is 22.6 Å². The van der Waals surface area contributed by atoms with Crippen LogP contribution in [-0.2, 0) is 0 Å². The highest BCUT2D eigenvalue weighted by Gasteiger charge is 2.02. The van der Waals surface area contributed by atoms with Gasteiger partial charge in [0.15, 0.2) is 0 Å². The van der Waals surface area contributed by atoms with Crippen molar-refractivity contribution in [3.8, 4) is 0 Å². The summed E-state index contributed by atoms with van der Waals surface area (Å²) >= 11 is 2.40. The third-order valence-corrected chi connectivity index (χ3v) is 2.94. The number of halogens is 1. The van der Waals surface area contributed by atoms with Gasteiger partial charge >= 0.3 is 0 Å². The smallest absolute Gasteiger partial charge is 0.0359 e. The fourth-order valence-corrected chi connectivity index (χ4v) is 1.31. The number of benzene rings is 1. The molecule has 0 saturated heterocycles. The Hall–Kier alpha value is -0.0500. The zero-order valence-electron chi connectivity index (χ0n) is 6.39. The molecule has 1 heteroatoms. The molecule has 0 aliphatic heterocycles. The molecule has 58 valence electrons. The molecule has 0 aromatic heterocycles. The summed E-state index contributed by atoms with van der Waals surface area (Å²) in [6.07, 6.45) is 0.942. The summed E-state index contributed by atoms with van der Waals surface area (Å²) in [6.45, 7) is 7.69. The highest BCUT2D eigenvalue weighted by molar-refractivity contribution is 14.1. The van der Waals surface area contributed by atoms with Crippen molar-refractivity contribution in [1.82, 2.24) is 0 Å². The van der Waals surface area contributed by atoms with Crippen LogP contribution in [0.5, 0.6) is 0 Å². The molecule has 0 nitrogen and oxygen atoms in total. The topological polar surface area (TPSA) is 0 Å². The van der Waals surface area contributed by atoms with Crippen LogP contribution < -0.4 is 0 Å². The number of hydrogen-bond donors (Lipinski definition) is 0. The molecule has 1 atom stereocenters. The predicted octanol–water partition coefficient (Wildman–Crippen LogP) is 3.57. The Labute approximate surface area is 82.2 Å². The van der Waals surface area contributed by atoms with E-state index in [1.165, 1.54) is 5.56 Å². The first-order chi connectivity index (χ1) is 5.24. The van der Waals surface area contributed by atoms with Gasteiger partial charge in [0.05, 0.1) is 0 Å². The Bertz CT molecular complexity index is 213. The number of rotatable bonds is 2. The second-order valence-electron chi connectivity index (χ2n) is 2.50. The van der Waals surface area contributed by atoms with Crippen LogP contribution in [0, 0.1) is 13.8 Å². The highest BCUT2D eigenvalue weighted by atomic mass is 127. The summed E-state index contributed by atoms with van der Waals surface area (Å²) in [6, 6.07) is 8.31. The summed E-state index contributed by atoms with van der Waals surface area (Å²) in [5, 5.41) is 0. The minimum Gasteiger partial charge on any atom is -0.0774 e. The van der Waals surface area contributed by atoms with Gasteiger partial charge in [-0.05, 0) is 24.5 Å². The van der Waals surface area contributed by atoms with E-state index in [9.17, 15) is 0 Å². The molecular formula is C10H11I. The maximum atomic E-state index is 3.86. The fraction of sp³-hybridized carbons (Fsp3) is 0.200. The molecule has 11 heavy (non-hydrogen) atoms. The summed E-state index contributed by atoms with van der Waals surface area (Å²) < 4.78 is 0.535. The third-order valence-electron chi connectivity index (χ3n) is 1.59. The minimum atomic E-state index is 0.535. The molecule has 1 rings (SSSR count). The van der Waals surface area contributed by atoms with Crippen molar-refractivity contribution in [2.45, 2.75) is 10.3 Å². The van der Waals surface area contributed by atoms with Crippen LogP contribution in [-0.4, -0.2) is 0 Å². The number of alkyl halides is 1. The SMILES string of the molecule is [CH2]CC(I)c1ccc([CH2])cc1. The lowest BCUT2D eigenvalue weighted by Crippen LogP contribution is -1.86. The van der Waals surface area contributed by atoms with E-state index < -0.39 is 0 Å². The van der Waals surface area contributed by atoms with E-state index in [1.54, 1.807) is 0 Å². The van der Waals surface area contributed by atoms with Gasteiger partial charge in [-0.3, -0.25) is 0 Å². The second kappa shape index (κ2) is 4.10. The minimum absolute atomic E-state index is 0.535. The van der Waals surface area contributed by atoms with Crippen molar-refractivity contribution in [3.05, 3.63) is 49.2 Å². The van der Waals surface area contributed by atoms with Crippen LogP contribution in [0.4, 0.5) is 0 Å².